The minimum absolute atomic E-state index is 0.0835. The lowest BCUT2D eigenvalue weighted by molar-refractivity contribution is -0.120. The molecule has 0 aliphatic heterocycles. The topological polar surface area (TPSA) is 41.6 Å². The largest absolute Gasteiger partial charge is 0.435 e. The van der Waals surface area contributed by atoms with Crippen molar-refractivity contribution < 1.29 is 18.3 Å². The van der Waals surface area contributed by atoms with Crippen LogP contribution in [0, 0.1) is 0 Å². The van der Waals surface area contributed by atoms with E-state index in [9.17, 15) is 13.6 Å². The summed E-state index contributed by atoms with van der Waals surface area (Å²) >= 11 is 0. The van der Waals surface area contributed by atoms with Crippen LogP contribution in [0.2, 0.25) is 0 Å². The number of carbonyl (C=O) groups excluding carboxylic acids is 1. The first kappa shape index (κ1) is 21.5. The average molecular weight is 410 g/mol. The molecule has 0 heterocycles. The van der Waals surface area contributed by atoms with Crippen LogP contribution in [0.25, 0.3) is 0 Å². The van der Waals surface area contributed by atoms with Gasteiger partial charge in [-0.05, 0) is 42.3 Å². The smallest absolute Gasteiger partial charge is 0.387 e. The van der Waals surface area contributed by atoms with E-state index in [1.165, 1.54) is 12.1 Å². The quantitative estimate of drug-likeness (QED) is 0.567. The highest BCUT2D eigenvalue weighted by Gasteiger charge is 2.24. The maximum atomic E-state index is 13.0. The van der Waals surface area contributed by atoms with Gasteiger partial charge in [0.05, 0.1) is 12.1 Å². The van der Waals surface area contributed by atoms with Crippen molar-refractivity contribution in [3.63, 3.8) is 0 Å². The van der Waals surface area contributed by atoms with Gasteiger partial charge in [-0.15, -0.1) is 0 Å². The fraction of sp³-hybridized carbons (Fsp3) is 0.208. The molecular weight excluding hydrogens is 386 g/mol. The zero-order chi connectivity index (χ0) is 21.5. The number of alkyl halides is 2. The Hall–Kier alpha value is -3.25. The van der Waals surface area contributed by atoms with Crippen LogP contribution in [0.1, 0.15) is 24.1 Å². The predicted octanol–water partition coefficient (Wildman–Crippen LogP) is 5.02. The van der Waals surface area contributed by atoms with E-state index in [2.05, 4.69) is 10.1 Å². The minimum Gasteiger partial charge on any atom is -0.435 e. The van der Waals surface area contributed by atoms with Gasteiger partial charge in [-0.1, -0.05) is 60.7 Å². The van der Waals surface area contributed by atoms with Gasteiger partial charge in [0, 0.05) is 12.7 Å². The van der Waals surface area contributed by atoms with E-state index in [-0.39, 0.29) is 17.7 Å². The van der Waals surface area contributed by atoms with Crippen LogP contribution in [0.15, 0.2) is 84.9 Å². The molecule has 0 saturated carbocycles. The van der Waals surface area contributed by atoms with Gasteiger partial charge in [0.15, 0.2) is 0 Å². The van der Waals surface area contributed by atoms with E-state index < -0.39 is 12.7 Å². The molecule has 0 fully saturated rings. The molecule has 156 valence electrons. The van der Waals surface area contributed by atoms with Crippen LogP contribution in [-0.2, 0) is 4.79 Å². The third-order valence-electron chi connectivity index (χ3n) is 4.83. The van der Waals surface area contributed by atoms with E-state index in [1.54, 1.807) is 24.1 Å². The number of halogens is 2. The lowest BCUT2D eigenvalue weighted by Gasteiger charge is -2.27. The zero-order valence-corrected chi connectivity index (χ0v) is 16.8. The lowest BCUT2D eigenvalue weighted by Crippen LogP contribution is -2.44. The Morgan fingerprint density at radius 3 is 1.97 bits per heavy atom. The number of para-hydroxylation sites is 1. The van der Waals surface area contributed by atoms with Gasteiger partial charge in [0.25, 0.3) is 0 Å². The molecule has 0 aromatic heterocycles. The first-order chi connectivity index (χ1) is 14.5. The van der Waals surface area contributed by atoms with E-state index in [4.69, 9.17) is 0 Å². The van der Waals surface area contributed by atoms with Gasteiger partial charge in [-0.2, -0.15) is 8.78 Å². The Morgan fingerprint density at radius 1 is 0.867 bits per heavy atom. The molecule has 3 rings (SSSR count). The molecule has 0 aliphatic carbocycles. The lowest BCUT2D eigenvalue weighted by atomic mass is 9.97. The average Bonchev–Trinajstić information content (AvgIpc) is 2.77. The highest BCUT2D eigenvalue weighted by Crippen LogP contribution is 2.26. The number of carbonyl (C=O) groups is 1. The molecule has 30 heavy (non-hydrogen) atoms. The molecule has 0 aliphatic rings. The van der Waals surface area contributed by atoms with Crippen molar-refractivity contribution in [3.8, 4) is 5.75 Å². The van der Waals surface area contributed by atoms with E-state index in [0.717, 1.165) is 16.8 Å². The Labute approximate surface area is 175 Å². The Balaban J connectivity index is 1.82. The number of anilines is 1. The monoisotopic (exact) mass is 410 g/mol. The highest BCUT2D eigenvalue weighted by molar-refractivity contribution is 5.96. The van der Waals surface area contributed by atoms with Crippen molar-refractivity contribution in [1.29, 1.82) is 0 Å². The zero-order valence-electron chi connectivity index (χ0n) is 16.8. The van der Waals surface area contributed by atoms with Crippen LogP contribution < -0.4 is 15.0 Å². The molecular formula is C24H24F2N2O2. The number of likely N-dealkylation sites (N-methyl/N-ethyl adjacent to an activating group) is 1. The van der Waals surface area contributed by atoms with Gasteiger partial charge in [0.1, 0.15) is 5.75 Å². The molecule has 0 spiro atoms. The Morgan fingerprint density at radius 2 is 1.40 bits per heavy atom. The first-order valence-electron chi connectivity index (χ1n) is 9.64. The SMILES string of the molecule is C[C@H](N[C@@H](c1ccccc1)c1ccc(OC(F)F)cc1)C(=O)N(C)c1ccccc1. The summed E-state index contributed by atoms with van der Waals surface area (Å²) in [6, 6.07) is 24.7. The summed E-state index contributed by atoms with van der Waals surface area (Å²) in [5, 5.41) is 3.38. The molecule has 0 radical (unpaired) electrons. The third-order valence-corrected chi connectivity index (χ3v) is 4.83. The van der Waals surface area contributed by atoms with Crippen molar-refractivity contribution in [2.24, 2.45) is 0 Å². The first-order valence-corrected chi connectivity index (χ1v) is 9.64. The molecule has 1 amide bonds. The summed E-state index contributed by atoms with van der Waals surface area (Å²) in [4.78, 5) is 14.6. The number of hydrogen-bond donors (Lipinski definition) is 1. The fourth-order valence-corrected chi connectivity index (χ4v) is 3.26. The number of hydrogen-bond acceptors (Lipinski definition) is 3. The summed E-state index contributed by atoms with van der Waals surface area (Å²) in [6.07, 6.45) is 0. The van der Waals surface area contributed by atoms with Crippen molar-refractivity contribution in [1.82, 2.24) is 5.32 Å². The number of amides is 1. The number of rotatable bonds is 8. The predicted molar refractivity (Wildman–Crippen MR) is 114 cm³/mol. The molecule has 2 atom stereocenters. The molecule has 0 unspecified atom stereocenters. The van der Waals surface area contributed by atoms with Crippen LogP contribution in [0.3, 0.4) is 0 Å². The molecule has 6 heteroatoms. The van der Waals surface area contributed by atoms with Crippen molar-refractivity contribution in [3.05, 3.63) is 96.1 Å². The molecule has 3 aromatic carbocycles. The summed E-state index contributed by atoms with van der Waals surface area (Å²) in [5.41, 5.74) is 2.60. The number of nitrogens with zero attached hydrogens (tertiary/aromatic N) is 1. The maximum Gasteiger partial charge on any atom is 0.387 e. The van der Waals surface area contributed by atoms with Crippen LogP contribution in [0.5, 0.6) is 5.75 Å². The number of ether oxygens (including phenoxy) is 1. The minimum atomic E-state index is -2.87. The second kappa shape index (κ2) is 9.98. The molecule has 3 aromatic rings. The Kier molecular flexibility index (Phi) is 7.14. The standard InChI is InChI=1S/C24H24F2N2O2/c1-17(23(29)28(2)20-11-7-4-8-12-20)27-22(18-9-5-3-6-10-18)19-13-15-21(16-14-19)30-24(25)26/h3-17,22,24,27H,1-2H3/t17-,22-/m0/s1. The van der Waals surface area contributed by atoms with Crippen LogP contribution in [-0.4, -0.2) is 25.6 Å². The normalized spacial score (nSPS) is 13.0. The second-order valence-corrected chi connectivity index (χ2v) is 6.91. The number of nitrogens with one attached hydrogen (secondary N) is 1. The molecule has 0 bridgehead atoms. The Bertz CT molecular complexity index is 934. The third kappa shape index (κ3) is 5.42. The van der Waals surface area contributed by atoms with Crippen molar-refractivity contribution in [2.75, 3.05) is 11.9 Å². The van der Waals surface area contributed by atoms with Crippen molar-refractivity contribution in [2.45, 2.75) is 25.6 Å². The summed E-state index contributed by atoms with van der Waals surface area (Å²) in [5.74, 6) is 0.00767. The van der Waals surface area contributed by atoms with Crippen molar-refractivity contribution >= 4 is 11.6 Å². The fourth-order valence-electron chi connectivity index (χ4n) is 3.26. The van der Waals surface area contributed by atoms with E-state index in [1.807, 2.05) is 67.6 Å². The van der Waals surface area contributed by atoms with Gasteiger partial charge in [-0.3, -0.25) is 10.1 Å². The molecule has 1 N–H and O–H groups in total. The van der Waals surface area contributed by atoms with Crippen LogP contribution >= 0.6 is 0 Å². The molecule has 0 saturated heterocycles. The van der Waals surface area contributed by atoms with E-state index in [0.29, 0.717) is 0 Å². The molecule has 4 nitrogen and oxygen atoms in total. The summed E-state index contributed by atoms with van der Waals surface area (Å²) < 4.78 is 29.3. The highest BCUT2D eigenvalue weighted by atomic mass is 19.3. The summed E-state index contributed by atoms with van der Waals surface area (Å²) in [6.45, 7) is -1.06. The van der Waals surface area contributed by atoms with Crippen LogP contribution in [0.4, 0.5) is 14.5 Å². The van der Waals surface area contributed by atoms with Gasteiger partial charge in [0.2, 0.25) is 5.91 Å². The summed E-state index contributed by atoms with van der Waals surface area (Å²) in [7, 11) is 1.74. The van der Waals surface area contributed by atoms with Gasteiger partial charge < -0.3 is 9.64 Å². The number of benzene rings is 3. The second-order valence-electron chi connectivity index (χ2n) is 6.91. The van der Waals surface area contributed by atoms with E-state index >= 15 is 0 Å². The van der Waals surface area contributed by atoms with Gasteiger partial charge >= 0.3 is 6.61 Å². The maximum absolute atomic E-state index is 13.0. The van der Waals surface area contributed by atoms with Gasteiger partial charge in [-0.25, -0.2) is 0 Å².